The van der Waals surface area contributed by atoms with Gasteiger partial charge in [-0.1, -0.05) is 23.7 Å². The second-order valence-corrected chi connectivity index (χ2v) is 7.50. The molecular weight excluding hydrogens is 352 g/mol. The number of carbonyl (C=O) groups excluding carboxylic acids is 2. The molecule has 0 aliphatic carbocycles. The lowest BCUT2D eigenvalue weighted by atomic mass is 10.3. The smallest absolute Gasteiger partial charge is 0.261 e. The minimum absolute atomic E-state index is 0.0269. The highest BCUT2D eigenvalue weighted by atomic mass is 35.5. The molecule has 0 fully saturated rings. The number of thiophene rings is 2. The van der Waals surface area contributed by atoms with Crippen molar-refractivity contribution in [2.24, 2.45) is 0 Å². The number of carbonyl (C=O) groups is 2. The summed E-state index contributed by atoms with van der Waals surface area (Å²) in [5.41, 5.74) is 0. The van der Waals surface area contributed by atoms with Gasteiger partial charge in [-0.15, -0.1) is 29.3 Å². The van der Waals surface area contributed by atoms with Gasteiger partial charge in [0, 0.05) is 24.4 Å². The molecule has 2 aromatic rings. The molecule has 0 aromatic carbocycles. The minimum atomic E-state index is -0.145. The van der Waals surface area contributed by atoms with Crippen LogP contribution in [0.2, 0.25) is 4.34 Å². The summed E-state index contributed by atoms with van der Waals surface area (Å²) in [4.78, 5) is 27.5. The van der Waals surface area contributed by atoms with Crippen LogP contribution in [0.3, 0.4) is 0 Å². The van der Waals surface area contributed by atoms with Crippen LogP contribution in [0.4, 0.5) is 0 Å². The van der Waals surface area contributed by atoms with Gasteiger partial charge in [-0.05, 0) is 23.6 Å². The van der Waals surface area contributed by atoms with E-state index in [0.717, 1.165) is 4.88 Å². The van der Waals surface area contributed by atoms with Crippen molar-refractivity contribution in [3.05, 3.63) is 56.4 Å². The molecule has 1 N–H and O–H groups in total. The minimum Gasteiger partial charge on any atom is -0.351 e. The molecule has 23 heavy (non-hydrogen) atoms. The monoisotopic (exact) mass is 368 g/mol. The number of nitrogens with one attached hydrogen (secondary N) is 1. The molecule has 0 radical (unpaired) electrons. The lowest BCUT2D eigenvalue weighted by molar-refractivity contribution is -0.131. The molecule has 2 heterocycles. The summed E-state index contributed by atoms with van der Waals surface area (Å²) in [6.45, 7) is 4.97. The molecule has 0 bridgehead atoms. The van der Waals surface area contributed by atoms with Gasteiger partial charge in [-0.3, -0.25) is 9.59 Å². The maximum Gasteiger partial charge on any atom is 0.261 e. The van der Waals surface area contributed by atoms with Gasteiger partial charge in [0.25, 0.3) is 5.91 Å². The van der Waals surface area contributed by atoms with Crippen molar-refractivity contribution < 1.29 is 9.59 Å². The number of hydrogen-bond acceptors (Lipinski definition) is 4. The molecule has 0 aliphatic heterocycles. The summed E-state index contributed by atoms with van der Waals surface area (Å²) in [7, 11) is 0. The summed E-state index contributed by atoms with van der Waals surface area (Å²) in [5.74, 6) is -0.172. The average Bonchev–Trinajstić information content (AvgIpc) is 3.18. The zero-order valence-corrected chi connectivity index (χ0v) is 14.8. The van der Waals surface area contributed by atoms with E-state index in [2.05, 4.69) is 11.9 Å². The van der Waals surface area contributed by atoms with Gasteiger partial charge in [0.15, 0.2) is 0 Å². The molecule has 0 spiro atoms. The normalized spacial score (nSPS) is 10.3. The first-order valence-corrected chi connectivity index (χ1v) is 9.12. The van der Waals surface area contributed by atoms with Crippen LogP contribution in [0.1, 0.15) is 21.0 Å². The summed E-state index contributed by atoms with van der Waals surface area (Å²) >= 11 is 8.75. The highest BCUT2D eigenvalue weighted by Crippen LogP contribution is 2.22. The van der Waals surface area contributed by atoms with Crippen LogP contribution in [0.15, 0.2) is 42.3 Å². The second-order valence-electron chi connectivity index (χ2n) is 4.75. The molecule has 0 atom stereocenters. The van der Waals surface area contributed by atoms with Crippen molar-refractivity contribution in [1.82, 2.24) is 10.2 Å². The number of hydrogen-bond donors (Lipinski definition) is 1. The van der Waals surface area contributed by atoms with E-state index in [1.165, 1.54) is 22.7 Å². The van der Waals surface area contributed by atoms with Crippen molar-refractivity contribution in [3.63, 3.8) is 0 Å². The molecule has 122 valence electrons. The summed E-state index contributed by atoms with van der Waals surface area (Å²) in [6.07, 6.45) is 1.95. The van der Waals surface area contributed by atoms with Crippen LogP contribution < -0.4 is 5.32 Å². The number of halogens is 1. The molecule has 0 unspecified atom stereocenters. The predicted octanol–water partition coefficient (Wildman–Crippen LogP) is 3.80. The number of nitrogens with zero attached hydrogens (tertiary/aromatic N) is 1. The van der Waals surface area contributed by atoms with Crippen LogP contribution in [-0.2, 0) is 11.3 Å². The molecule has 2 aromatic heterocycles. The molecule has 2 rings (SSSR count). The van der Waals surface area contributed by atoms with E-state index >= 15 is 0 Å². The van der Waals surface area contributed by atoms with Crippen molar-refractivity contribution in [3.8, 4) is 0 Å². The Bertz CT molecular complexity index is 667. The number of rotatable bonds is 8. The third kappa shape index (κ3) is 5.49. The van der Waals surface area contributed by atoms with E-state index < -0.39 is 0 Å². The first-order chi connectivity index (χ1) is 11.1. The Morgan fingerprint density at radius 2 is 2.17 bits per heavy atom. The third-order valence-electron chi connectivity index (χ3n) is 3.05. The Labute approximate surface area is 148 Å². The largest absolute Gasteiger partial charge is 0.351 e. The molecule has 4 nitrogen and oxygen atoms in total. The Morgan fingerprint density at radius 3 is 2.78 bits per heavy atom. The van der Waals surface area contributed by atoms with E-state index in [1.54, 1.807) is 17.0 Å². The van der Waals surface area contributed by atoms with Crippen molar-refractivity contribution in [1.29, 1.82) is 0 Å². The SMILES string of the molecule is C=CCN(Cc1ccc(Cl)s1)C(=O)CCNC(=O)c1cccs1. The van der Waals surface area contributed by atoms with Crippen molar-refractivity contribution in [2.45, 2.75) is 13.0 Å². The van der Waals surface area contributed by atoms with E-state index in [0.29, 0.717) is 28.8 Å². The van der Waals surface area contributed by atoms with Crippen molar-refractivity contribution >= 4 is 46.1 Å². The first-order valence-electron chi connectivity index (χ1n) is 7.04. The van der Waals surface area contributed by atoms with Gasteiger partial charge in [0.2, 0.25) is 5.91 Å². The fraction of sp³-hybridized carbons (Fsp3) is 0.250. The van der Waals surface area contributed by atoms with Crippen LogP contribution in [-0.4, -0.2) is 29.8 Å². The highest BCUT2D eigenvalue weighted by molar-refractivity contribution is 7.16. The van der Waals surface area contributed by atoms with Gasteiger partial charge in [-0.2, -0.15) is 0 Å². The standard InChI is InChI=1S/C16H17ClN2O2S2/c1-2-9-19(11-12-5-6-14(17)23-12)15(20)7-8-18-16(21)13-4-3-10-22-13/h2-6,10H,1,7-9,11H2,(H,18,21). The van der Waals surface area contributed by atoms with Crippen LogP contribution in [0.25, 0.3) is 0 Å². The topological polar surface area (TPSA) is 49.4 Å². The molecule has 2 amide bonds. The maximum atomic E-state index is 12.3. The average molecular weight is 369 g/mol. The zero-order valence-electron chi connectivity index (χ0n) is 12.5. The van der Waals surface area contributed by atoms with Gasteiger partial charge in [0.05, 0.1) is 15.8 Å². The molecule has 0 saturated heterocycles. The van der Waals surface area contributed by atoms with Gasteiger partial charge >= 0.3 is 0 Å². The van der Waals surface area contributed by atoms with Crippen LogP contribution in [0.5, 0.6) is 0 Å². The molecule has 7 heteroatoms. The van der Waals surface area contributed by atoms with Crippen LogP contribution >= 0.6 is 34.3 Å². The number of amides is 2. The summed E-state index contributed by atoms with van der Waals surface area (Å²) in [5, 5.41) is 4.61. The maximum absolute atomic E-state index is 12.3. The van der Waals surface area contributed by atoms with E-state index in [-0.39, 0.29) is 18.2 Å². The fourth-order valence-electron chi connectivity index (χ4n) is 1.97. The molecule has 0 aliphatic rings. The predicted molar refractivity (Wildman–Crippen MR) is 96.2 cm³/mol. The van der Waals surface area contributed by atoms with E-state index in [9.17, 15) is 9.59 Å². The Morgan fingerprint density at radius 1 is 1.35 bits per heavy atom. The highest BCUT2D eigenvalue weighted by Gasteiger charge is 2.14. The van der Waals surface area contributed by atoms with Gasteiger partial charge < -0.3 is 10.2 Å². The molecular formula is C16H17ClN2O2S2. The van der Waals surface area contributed by atoms with Crippen molar-refractivity contribution in [2.75, 3.05) is 13.1 Å². The summed E-state index contributed by atoms with van der Waals surface area (Å²) < 4.78 is 0.703. The van der Waals surface area contributed by atoms with Gasteiger partial charge in [0.1, 0.15) is 0 Å². The third-order valence-corrected chi connectivity index (χ3v) is 5.13. The van der Waals surface area contributed by atoms with Gasteiger partial charge in [-0.25, -0.2) is 0 Å². The Hall–Kier alpha value is -1.63. The molecule has 0 saturated carbocycles. The zero-order chi connectivity index (χ0) is 16.7. The van der Waals surface area contributed by atoms with E-state index in [1.807, 2.05) is 23.6 Å². The Balaban J connectivity index is 1.83. The fourth-order valence-corrected chi connectivity index (χ4v) is 3.71. The quantitative estimate of drug-likeness (QED) is 0.720. The van der Waals surface area contributed by atoms with E-state index in [4.69, 9.17) is 11.6 Å². The lowest BCUT2D eigenvalue weighted by Crippen LogP contribution is -2.34. The second kappa shape index (κ2) is 8.86. The van der Waals surface area contributed by atoms with Crippen LogP contribution in [0, 0.1) is 0 Å². The first kappa shape index (κ1) is 17.7. The Kier molecular flexibility index (Phi) is 6.83. The summed E-state index contributed by atoms with van der Waals surface area (Å²) in [6, 6.07) is 7.31. The lowest BCUT2D eigenvalue weighted by Gasteiger charge is -2.20.